The largest absolute Gasteiger partial charge is 0.395 e. The molecule has 1 atom stereocenters. The lowest BCUT2D eigenvalue weighted by Gasteiger charge is -2.34. The summed E-state index contributed by atoms with van der Waals surface area (Å²) in [4.78, 5) is 4.79. The number of nitrogens with zero attached hydrogens (tertiary/aromatic N) is 2. The van der Waals surface area contributed by atoms with Crippen LogP contribution in [0.5, 0.6) is 0 Å². The highest BCUT2D eigenvalue weighted by Crippen LogP contribution is 2.00. The third kappa shape index (κ3) is 4.93. The van der Waals surface area contributed by atoms with E-state index in [1.165, 1.54) is 0 Å². The average Bonchev–Trinajstić information content (AvgIpc) is 2.27. The number of hydrogen-bond acceptors (Lipinski definition) is 4. The standard InChI is InChI=1S/C11H25N3O/c1-3-4-12-11(10-15)9-14-7-5-13(2)6-8-14/h11-12,15H,3-10H2,1-2H3. The van der Waals surface area contributed by atoms with Gasteiger partial charge in [0.2, 0.25) is 0 Å². The van der Waals surface area contributed by atoms with E-state index in [-0.39, 0.29) is 12.6 Å². The topological polar surface area (TPSA) is 38.7 Å². The van der Waals surface area contributed by atoms with Crippen LogP contribution in [0.1, 0.15) is 13.3 Å². The normalized spacial score (nSPS) is 21.8. The Morgan fingerprint density at radius 1 is 1.27 bits per heavy atom. The van der Waals surface area contributed by atoms with Gasteiger partial charge in [0.1, 0.15) is 0 Å². The van der Waals surface area contributed by atoms with Crippen molar-refractivity contribution in [2.24, 2.45) is 0 Å². The van der Waals surface area contributed by atoms with Gasteiger partial charge < -0.3 is 15.3 Å². The highest BCUT2D eigenvalue weighted by Gasteiger charge is 2.17. The molecule has 0 aliphatic carbocycles. The average molecular weight is 215 g/mol. The number of aliphatic hydroxyl groups excluding tert-OH is 1. The predicted molar refractivity (Wildman–Crippen MR) is 63.1 cm³/mol. The minimum Gasteiger partial charge on any atom is -0.395 e. The highest BCUT2D eigenvalue weighted by atomic mass is 16.3. The van der Waals surface area contributed by atoms with E-state index in [0.29, 0.717) is 0 Å². The summed E-state index contributed by atoms with van der Waals surface area (Å²) in [5.74, 6) is 0. The summed E-state index contributed by atoms with van der Waals surface area (Å²) < 4.78 is 0. The molecule has 0 radical (unpaired) electrons. The second-order valence-corrected chi connectivity index (χ2v) is 4.44. The number of rotatable bonds is 6. The maximum Gasteiger partial charge on any atom is 0.0597 e. The molecule has 1 rings (SSSR count). The summed E-state index contributed by atoms with van der Waals surface area (Å²) in [5.41, 5.74) is 0. The maximum absolute atomic E-state index is 9.24. The summed E-state index contributed by atoms with van der Waals surface area (Å²) in [7, 11) is 2.16. The van der Waals surface area contributed by atoms with Crippen LogP contribution in [-0.2, 0) is 0 Å². The van der Waals surface area contributed by atoms with E-state index in [1.54, 1.807) is 0 Å². The molecule has 0 aromatic carbocycles. The zero-order valence-electron chi connectivity index (χ0n) is 10.1. The number of nitrogens with one attached hydrogen (secondary N) is 1. The Bertz CT molecular complexity index is 155. The molecule has 0 spiro atoms. The monoisotopic (exact) mass is 215 g/mol. The fourth-order valence-electron chi connectivity index (χ4n) is 1.88. The molecule has 90 valence electrons. The van der Waals surface area contributed by atoms with E-state index >= 15 is 0 Å². The first-order valence-electron chi connectivity index (χ1n) is 6.01. The molecular weight excluding hydrogens is 190 g/mol. The lowest BCUT2D eigenvalue weighted by molar-refractivity contribution is 0.125. The molecular formula is C11H25N3O. The third-order valence-electron chi connectivity index (χ3n) is 2.98. The Morgan fingerprint density at radius 3 is 2.47 bits per heavy atom. The summed E-state index contributed by atoms with van der Waals surface area (Å²) in [6.45, 7) is 8.91. The quantitative estimate of drug-likeness (QED) is 0.632. The van der Waals surface area contributed by atoms with Gasteiger partial charge in [0.15, 0.2) is 0 Å². The van der Waals surface area contributed by atoms with Gasteiger partial charge in [-0.05, 0) is 20.0 Å². The first kappa shape index (κ1) is 12.9. The van der Waals surface area contributed by atoms with Gasteiger partial charge >= 0.3 is 0 Å². The number of hydrogen-bond donors (Lipinski definition) is 2. The van der Waals surface area contributed by atoms with Crippen LogP contribution in [0.4, 0.5) is 0 Å². The van der Waals surface area contributed by atoms with E-state index in [9.17, 15) is 5.11 Å². The van der Waals surface area contributed by atoms with Crippen LogP contribution in [0.25, 0.3) is 0 Å². The minimum absolute atomic E-state index is 0.242. The SMILES string of the molecule is CCCNC(CO)CN1CCN(C)CC1. The van der Waals surface area contributed by atoms with Crippen molar-refractivity contribution in [2.75, 3.05) is 52.9 Å². The molecule has 1 saturated heterocycles. The molecule has 0 bridgehead atoms. The van der Waals surface area contributed by atoms with Crippen molar-refractivity contribution in [2.45, 2.75) is 19.4 Å². The van der Waals surface area contributed by atoms with E-state index in [2.05, 4.69) is 29.1 Å². The molecule has 1 heterocycles. The zero-order valence-corrected chi connectivity index (χ0v) is 10.1. The van der Waals surface area contributed by atoms with Crippen LogP contribution in [0.3, 0.4) is 0 Å². The predicted octanol–water partition coefficient (Wildman–Crippen LogP) is -0.406. The van der Waals surface area contributed by atoms with E-state index in [1.807, 2.05) is 0 Å². The van der Waals surface area contributed by atoms with Gasteiger partial charge in [-0.2, -0.15) is 0 Å². The van der Waals surface area contributed by atoms with Crippen LogP contribution in [0.2, 0.25) is 0 Å². The molecule has 1 fully saturated rings. The van der Waals surface area contributed by atoms with Gasteiger partial charge in [0.05, 0.1) is 6.61 Å². The smallest absolute Gasteiger partial charge is 0.0597 e. The Kier molecular flexibility index (Phi) is 6.17. The van der Waals surface area contributed by atoms with E-state index < -0.39 is 0 Å². The molecule has 4 nitrogen and oxygen atoms in total. The Morgan fingerprint density at radius 2 is 1.93 bits per heavy atom. The summed E-state index contributed by atoms with van der Waals surface area (Å²) in [6.07, 6.45) is 1.12. The van der Waals surface area contributed by atoms with Crippen molar-refractivity contribution in [3.63, 3.8) is 0 Å². The number of piperazine rings is 1. The van der Waals surface area contributed by atoms with Crippen molar-refractivity contribution in [3.8, 4) is 0 Å². The lowest BCUT2D eigenvalue weighted by atomic mass is 10.2. The van der Waals surface area contributed by atoms with Crippen molar-refractivity contribution in [3.05, 3.63) is 0 Å². The molecule has 0 aromatic heterocycles. The summed E-state index contributed by atoms with van der Waals surface area (Å²) in [6, 6.07) is 0.244. The van der Waals surface area contributed by atoms with Crippen molar-refractivity contribution >= 4 is 0 Å². The molecule has 1 aliphatic heterocycles. The van der Waals surface area contributed by atoms with E-state index in [0.717, 1.165) is 45.7 Å². The van der Waals surface area contributed by atoms with Gasteiger partial charge in [-0.3, -0.25) is 4.90 Å². The lowest BCUT2D eigenvalue weighted by Crippen LogP contribution is -2.50. The zero-order chi connectivity index (χ0) is 11.1. The molecule has 0 aromatic rings. The summed E-state index contributed by atoms with van der Waals surface area (Å²) >= 11 is 0. The molecule has 2 N–H and O–H groups in total. The van der Waals surface area contributed by atoms with Gasteiger partial charge in [-0.1, -0.05) is 6.92 Å². The second kappa shape index (κ2) is 7.17. The highest BCUT2D eigenvalue weighted by molar-refractivity contribution is 4.75. The third-order valence-corrected chi connectivity index (χ3v) is 2.98. The van der Waals surface area contributed by atoms with Crippen molar-refractivity contribution in [1.82, 2.24) is 15.1 Å². The van der Waals surface area contributed by atoms with Gasteiger partial charge in [-0.25, -0.2) is 0 Å². The Labute approximate surface area is 93.2 Å². The molecule has 4 heteroatoms. The van der Waals surface area contributed by atoms with Crippen LogP contribution < -0.4 is 5.32 Å². The van der Waals surface area contributed by atoms with Gasteiger partial charge in [0, 0.05) is 38.8 Å². The molecule has 0 saturated carbocycles. The molecule has 0 amide bonds. The summed E-state index contributed by atoms with van der Waals surface area (Å²) in [5, 5.41) is 12.6. The maximum atomic E-state index is 9.24. The molecule has 1 aliphatic rings. The number of likely N-dealkylation sites (N-methyl/N-ethyl adjacent to an activating group) is 1. The Hall–Kier alpha value is -0.160. The fraction of sp³-hybridized carbons (Fsp3) is 1.00. The molecule has 1 unspecified atom stereocenters. The van der Waals surface area contributed by atoms with Crippen LogP contribution in [0, 0.1) is 0 Å². The van der Waals surface area contributed by atoms with Crippen LogP contribution in [-0.4, -0.2) is 73.9 Å². The first-order valence-corrected chi connectivity index (χ1v) is 6.01. The Balaban J connectivity index is 2.19. The van der Waals surface area contributed by atoms with Crippen LogP contribution in [0.15, 0.2) is 0 Å². The number of aliphatic hydroxyl groups is 1. The molecule has 15 heavy (non-hydrogen) atoms. The van der Waals surface area contributed by atoms with Gasteiger partial charge in [-0.15, -0.1) is 0 Å². The van der Waals surface area contributed by atoms with Crippen LogP contribution >= 0.6 is 0 Å². The van der Waals surface area contributed by atoms with Crippen molar-refractivity contribution < 1.29 is 5.11 Å². The minimum atomic E-state index is 0.242. The fourth-order valence-corrected chi connectivity index (χ4v) is 1.88. The second-order valence-electron chi connectivity index (χ2n) is 4.44. The first-order chi connectivity index (χ1) is 7.26. The van der Waals surface area contributed by atoms with Crippen molar-refractivity contribution in [1.29, 1.82) is 0 Å². The van der Waals surface area contributed by atoms with E-state index in [4.69, 9.17) is 0 Å². The van der Waals surface area contributed by atoms with Gasteiger partial charge in [0.25, 0.3) is 0 Å².